The van der Waals surface area contributed by atoms with Crippen molar-refractivity contribution in [2.45, 2.75) is 25.4 Å². The molecule has 0 spiro atoms. The van der Waals surface area contributed by atoms with Crippen LogP contribution in [0.2, 0.25) is 0 Å². The molecule has 0 aliphatic carbocycles. The number of carboxylic acid groups (broad SMARTS) is 1. The molecule has 1 heterocycles. The van der Waals surface area contributed by atoms with Gasteiger partial charge in [-0.25, -0.2) is 9.78 Å². The maximum atomic E-state index is 11.6. The second kappa shape index (κ2) is 6.00. The summed E-state index contributed by atoms with van der Waals surface area (Å²) < 4.78 is 0. The zero-order chi connectivity index (χ0) is 12.8. The Morgan fingerprint density at radius 2 is 2.29 bits per heavy atom. The van der Waals surface area contributed by atoms with Gasteiger partial charge in [0.25, 0.3) is 0 Å². The number of hydrogen-bond donors (Lipinski definition) is 4. The molecule has 0 aromatic carbocycles. The van der Waals surface area contributed by atoms with Crippen molar-refractivity contribution in [3.05, 3.63) is 18.2 Å². The van der Waals surface area contributed by atoms with Gasteiger partial charge >= 0.3 is 5.97 Å². The fourth-order valence-electron chi connectivity index (χ4n) is 1.24. The molecule has 0 saturated carbocycles. The van der Waals surface area contributed by atoms with E-state index in [2.05, 4.69) is 20.6 Å². The van der Waals surface area contributed by atoms with Gasteiger partial charge in [0.15, 0.2) is 0 Å². The number of likely N-dealkylation sites (N-methyl/N-ethyl adjacent to an activating group) is 1. The monoisotopic (exact) mass is 240 g/mol. The predicted molar refractivity (Wildman–Crippen MR) is 60.4 cm³/mol. The molecule has 1 amide bonds. The normalized spacial score (nSPS) is 14.0. The highest BCUT2D eigenvalue weighted by atomic mass is 16.4. The number of rotatable bonds is 6. The van der Waals surface area contributed by atoms with E-state index in [4.69, 9.17) is 5.11 Å². The molecule has 7 heteroatoms. The number of carbonyl (C=O) groups excluding carboxylic acids is 1. The molecule has 94 valence electrons. The zero-order valence-electron chi connectivity index (χ0n) is 9.73. The SMILES string of the molecule is CNC(C)C(=O)NC(Cc1cnc[nH]1)C(=O)O. The molecule has 0 saturated heterocycles. The van der Waals surface area contributed by atoms with Crippen molar-refractivity contribution >= 4 is 11.9 Å². The number of hydrogen-bond acceptors (Lipinski definition) is 4. The molecule has 0 bridgehead atoms. The van der Waals surface area contributed by atoms with Gasteiger partial charge in [-0.15, -0.1) is 0 Å². The van der Waals surface area contributed by atoms with Gasteiger partial charge in [-0.3, -0.25) is 4.79 Å². The highest BCUT2D eigenvalue weighted by Crippen LogP contribution is 1.99. The molecule has 17 heavy (non-hydrogen) atoms. The van der Waals surface area contributed by atoms with Crippen LogP contribution < -0.4 is 10.6 Å². The smallest absolute Gasteiger partial charge is 0.326 e. The molecule has 0 aliphatic rings. The number of carbonyl (C=O) groups is 2. The highest BCUT2D eigenvalue weighted by molar-refractivity contribution is 5.86. The molecule has 2 unspecified atom stereocenters. The van der Waals surface area contributed by atoms with Crippen LogP contribution in [-0.4, -0.2) is 46.1 Å². The van der Waals surface area contributed by atoms with Crippen LogP contribution in [0.15, 0.2) is 12.5 Å². The van der Waals surface area contributed by atoms with E-state index in [1.807, 2.05) is 0 Å². The third-order valence-electron chi connectivity index (χ3n) is 2.42. The predicted octanol–water partition coefficient (Wildman–Crippen LogP) is -0.870. The summed E-state index contributed by atoms with van der Waals surface area (Å²) in [6, 6.07) is -1.39. The highest BCUT2D eigenvalue weighted by Gasteiger charge is 2.22. The molecule has 0 aliphatic heterocycles. The van der Waals surface area contributed by atoms with Gasteiger partial charge < -0.3 is 20.7 Å². The van der Waals surface area contributed by atoms with E-state index >= 15 is 0 Å². The summed E-state index contributed by atoms with van der Waals surface area (Å²) in [5.74, 6) is -1.42. The van der Waals surface area contributed by atoms with Crippen LogP contribution in [0.5, 0.6) is 0 Å². The summed E-state index contributed by atoms with van der Waals surface area (Å²) in [5, 5.41) is 14.2. The lowest BCUT2D eigenvalue weighted by atomic mass is 10.1. The molecular formula is C10H16N4O3. The third kappa shape index (κ3) is 3.87. The van der Waals surface area contributed by atoms with Gasteiger partial charge in [0.2, 0.25) is 5.91 Å². The number of H-pyrrole nitrogens is 1. The van der Waals surface area contributed by atoms with Crippen molar-refractivity contribution in [3.8, 4) is 0 Å². The van der Waals surface area contributed by atoms with Gasteiger partial charge in [-0.1, -0.05) is 0 Å². The van der Waals surface area contributed by atoms with Crippen molar-refractivity contribution in [2.75, 3.05) is 7.05 Å². The molecule has 1 aromatic heterocycles. The van der Waals surface area contributed by atoms with Crippen LogP contribution in [0, 0.1) is 0 Å². The molecule has 0 fully saturated rings. The topological polar surface area (TPSA) is 107 Å². The second-order valence-electron chi connectivity index (χ2n) is 3.69. The minimum absolute atomic E-state index is 0.178. The fraction of sp³-hybridized carbons (Fsp3) is 0.500. The molecule has 0 radical (unpaired) electrons. The van der Waals surface area contributed by atoms with E-state index in [-0.39, 0.29) is 12.3 Å². The Balaban J connectivity index is 2.61. The van der Waals surface area contributed by atoms with Crippen LogP contribution in [0.3, 0.4) is 0 Å². The standard InChI is InChI=1S/C10H16N4O3/c1-6(11-2)9(15)14-8(10(16)17)3-7-4-12-5-13-7/h4-6,8,11H,3H2,1-2H3,(H,12,13)(H,14,15)(H,16,17). The maximum Gasteiger partial charge on any atom is 0.326 e. The van der Waals surface area contributed by atoms with Crippen LogP contribution in [0.25, 0.3) is 0 Å². The van der Waals surface area contributed by atoms with E-state index in [0.29, 0.717) is 5.69 Å². The summed E-state index contributed by atoms with van der Waals surface area (Å²) in [6.07, 6.45) is 3.17. The molecule has 1 aromatic rings. The van der Waals surface area contributed by atoms with Crippen molar-refractivity contribution < 1.29 is 14.7 Å². The number of aliphatic carboxylic acids is 1. The molecule has 2 atom stereocenters. The third-order valence-corrected chi connectivity index (χ3v) is 2.42. The molecular weight excluding hydrogens is 224 g/mol. The first-order valence-electron chi connectivity index (χ1n) is 5.22. The van der Waals surface area contributed by atoms with Crippen LogP contribution in [-0.2, 0) is 16.0 Å². The van der Waals surface area contributed by atoms with E-state index in [1.165, 1.54) is 12.5 Å². The Labute approximate surface area is 98.6 Å². The number of imidazole rings is 1. The summed E-state index contributed by atoms with van der Waals surface area (Å²) in [4.78, 5) is 29.1. The summed E-state index contributed by atoms with van der Waals surface area (Å²) in [5.41, 5.74) is 0.662. The molecule has 7 nitrogen and oxygen atoms in total. The number of aromatic amines is 1. The van der Waals surface area contributed by atoms with Crippen LogP contribution >= 0.6 is 0 Å². The fourth-order valence-corrected chi connectivity index (χ4v) is 1.24. The second-order valence-corrected chi connectivity index (χ2v) is 3.69. The average Bonchev–Trinajstić information content (AvgIpc) is 2.79. The number of nitrogens with one attached hydrogen (secondary N) is 3. The Bertz CT molecular complexity index is 377. The van der Waals surface area contributed by atoms with Crippen molar-refractivity contribution in [1.82, 2.24) is 20.6 Å². The molecule has 4 N–H and O–H groups in total. The Kier molecular flexibility index (Phi) is 4.65. The van der Waals surface area contributed by atoms with Crippen molar-refractivity contribution in [3.63, 3.8) is 0 Å². The Morgan fingerprint density at radius 3 is 2.76 bits per heavy atom. The first-order valence-corrected chi connectivity index (χ1v) is 5.22. The van der Waals surface area contributed by atoms with E-state index in [1.54, 1.807) is 14.0 Å². The lowest BCUT2D eigenvalue weighted by Gasteiger charge is -2.16. The van der Waals surface area contributed by atoms with Crippen molar-refractivity contribution in [2.24, 2.45) is 0 Å². The van der Waals surface area contributed by atoms with Gasteiger partial charge in [0.1, 0.15) is 6.04 Å². The van der Waals surface area contributed by atoms with Gasteiger partial charge in [0, 0.05) is 18.3 Å². The van der Waals surface area contributed by atoms with E-state index in [9.17, 15) is 9.59 Å². The summed E-state index contributed by atoms with van der Waals surface area (Å²) in [6.45, 7) is 1.66. The van der Waals surface area contributed by atoms with Crippen LogP contribution in [0.1, 0.15) is 12.6 Å². The first-order chi connectivity index (χ1) is 8.04. The van der Waals surface area contributed by atoms with Gasteiger partial charge in [-0.05, 0) is 14.0 Å². The van der Waals surface area contributed by atoms with Crippen LogP contribution in [0.4, 0.5) is 0 Å². The minimum Gasteiger partial charge on any atom is -0.480 e. The Hall–Kier alpha value is -1.89. The quantitative estimate of drug-likeness (QED) is 0.517. The number of amides is 1. The van der Waals surface area contributed by atoms with Gasteiger partial charge in [0.05, 0.1) is 12.4 Å². The summed E-state index contributed by atoms with van der Waals surface area (Å²) in [7, 11) is 1.63. The lowest BCUT2D eigenvalue weighted by Crippen LogP contribution is -2.49. The minimum atomic E-state index is -1.07. The molecule has 1 rings (SSSR count). The van der Waals surface area contributed by atoms with E-state index < -0.39 is 18.1 Å². The summed E-state index contributed by atoms with van der Waals surface area (Å²) >= 11 is 0. The Morgan fingerprint density at radius 1 is 1.59 bits per heavy atom. The van der Waals surface area contributed by atoms with E-state index in [0.717, 1.165) is 0 Å². The lowest BCUT2D eigenvalue weighted by molar-refractivity contribution is -0.142. The average molecular weight is 240 g/mol. The van der Waals surface area contributed by atoms with Crippen molar-refractivity contribution in [1.29, 1.82) is 0 Å². The number of carboxylic acids is 1. The number of aromatic nitrogens is 2. The number of nitrogens with zero attached hydrogens (tertiary/aromatic N) is 1. The van der Waals surface area contributed by atoms with Gasteiger partial charge in [-0.2, -0.15) is 0 Å². The largest absolute Gasteiger partial charge is 0.480 e. The zero-order valence-corrected chi connectivity index (χ0v) is 9.73. The first kappa shape index (κ1) is 13.2. The maximum absolute atomic E-state index is 11.6.